The lowest BCUT2D eigenvalue weighted by atomic mass is 10.2. The first-order valence-electron chi connectivity index (χ1n) is 10.0. The van der Waals surface area contributed by atoms with E-state index in [0.29, 0.717) is 29.3 Å². The Bertz CT molecular complexity index is 1160. The summed E-state index contributed by atoms with van der Waals surface area (Å²) in [6.07, 6.45) is 0. The first-order valence-corrected chi connectivity index (χ1v) is 11.5. The van der Waals surface area contributed by atoms with Gasteiger partial charge in [0.15, 0.2) is 11.5 Å². The molecule has 1 amide bonds. The number of aryl methyl sites for hydroxylation is 1. The fraction of sp³-hybridized carbons (Fsp3) is 0.208. The predicted octanol–water partition coefficient (Wildman–Crippen LogP) is 3.96. The topological polar surface area (TPSA) is 84.9 Å². The molecule has 0 aliphatic carbocycles. The summed E-state index contributed by atoms with van der Waals surface area (Å²) in [5.74, 6) is 0.994. The third-order valence-electron chi connectivity index (χ3n) is 4.82. The molecule has 3 rings (SSSR count). The van der Waals surface area contributed by atoms with Crippen molar-refractivity contribution >= 4 is 21.6 Å². The van der Waals surface area contributed by atoms with E-state index in [1.165, 1.54) is 29.2 Å². The van der Waals surface area contributed by atoms with Gasteiger partial charge >= 0.3 is 0 Å². The Morgan fingerprint density at radius 2 is 1.56 bits per heavy atom. The highest BCUT2D eigenvalue weighted by Gasteiger charge is 2.17. The molecule has 0 heterocycles. The van der Waals surface area contributed by atoms with E-state index < -0.39 is 10.0 Å². The number of ether oxygens (including phenoxy) is 2. The van der Waals surface area contributed by atoms with Crippen LogP contribution in [0.1, 0.15) is 15.9 Å². The summed E-state index contributed by atoms with van der Waals surface area (Å²) in [6.45, 7) is 2.57. The molecular formula is C24H26N2O5S. The van der Waals surface area contributed by atoms with Crippen molar-refractivity contribution in [3.05, 3.63) is 83.9 Å². The second-order valence-corrected chi connectivity index (χ2v) is 8.90. The molecule has 0 atom stereocenters. The molecule has 8 heteroatoms. The van der Waals surface area contributed by atoms with Gasteiger partial charge in [-0.15, -0.1) is 0 Å². The van der Waals surface area contributed by atoms with Gasteiger partial charge in [0.05, 0.1) is 18.6 Å². The second-order valence-electron chi connectivity index (χ2n) is 7.22. The molecule has 0 spiro atoms. The van der Waals surface area contributed by atoms with Crippen LogP contribution in [0.2, 0.25) is 0 Å². The van der Waals surface area contributed by atoms with Gasteiger partial charge in [0, 0.05) is 18.3 Å². The third-order valence-corrected chi connectivity index (χ3v) is 6.21. The van der Waals surface area contributed by atoms with E-state index in [9.17, 15) is 13.2 Å². The van der Waals surface area contributed by atoms with Crippen molar-refractivity contribution in [3.63, 3.8) is 0 Å². The van der Waals surface area contributed by atoms with Gasteiger partial charge in [0.2, 0.25) is 0 Å². The molecule has 0 aliphatic heterocycles. The van der Waals surface area contributed by atoms with Gasteiger partial charge in [-0.25, -0.2) is 8.42 Å². The summed E-state index contributed by atoms with van der Waals surface area (Å²) in [5.41, 5.74) is 1.90. The number of hydrogen-bond acceptors (Lipinski definition) is 5. The van der Waals surface area contributed by atoms with E-state index in [1.54, 1.807) is 38.4 Å². The minimum atomic E-state index is -3.75. The molecule has 7 nitrogen and oxygen atoms in total. The standard InChI is InChI=1S/C24H26N2O5S/c1-18-8-12-20(13-9-18)25-32(28,29)21-14-10-19(11-15-21)24(27)26(2)16-17-31-23-7-5-4-6-22(23)30-3/h4-15,25H,16-17H2,1-3H3. The van der Waals surface area contributed by atoms with Crippen LogP contribution in [0.25, 0.3) is 0 Å². The number of sulfonamides is 1. The van der Waals surface area contributed by atoms with Crippen LogP contribution < -0.4 is 14.2 Å². The van der Waals surface area contributed by atoms with Gasteiger partial charge in [-0.3, -0.25) is 9.52 Å². The maximum absolute atomic E-state index is 12.7. The molecular weight excluding hydrogens is 428 g/mol. The molecule has 0 saturated heterocycles. The number of para-hydroxylation sites is 2. The van der Waals surface area contributed by atoms with Crippen LogP contribution in [0.5, 0.6) is 11.5 Å². The zero-order chi connectivity index (χ0) is 23.1. The zero-order valence-corrected chi connectivity index (χ0v) is 19.1. The average molecular weight is 455 g/mol. The van der Waals surface area contributed by atoms with Crippen LogP contribution in [0.3, 0.4) is 0 Å². The van der Waals surface area contributed by atoms with Gasteiger partial charge in [0.25, 0.3) is 15.9 Å². The van der Waals surface area contributed by atoms with Crippen molar-refractivity contribution in [1.29, 1.82) is 0 Å². The van der Waals surface area contributed by atoms with Crippen molar-refractivity contribution in [2.24, 2.45) is 0 Å². The summed E-state index contributed by atoms with van der Waals surface area (Å²) in [7, 11) is -0.515. The fourth-order valence-corrected chi connectivity index (χ4v) is 4.02. The summed E-state index contributed by atoms with van der Waals surface area (Å²) >= 11 is 0. The van der Waals surface area contributed by atoms with E-state index in [4.69, 9.17) is 9.47 Å². The molecule has 3 aromatic rings. The molecule has 168 valence electrons. The minimum absolute atomic E-state index is 0.0804. The van der Waals surface area contributed by atoms with E-state index in [0.717, 1.165) is 5.56 Å². The molecule has 1 N–H and O–H groups in total. The Morgan fingerprint density at radius 1 is 0.938 bits per heavy atom. The monoisotopic (exact) mass is 454 g/mol. The Hall–Kier alpha value is -3.52. The number of likely N-dealkylation sites (N-methyl/N-ethyl adjacent to an activating group) is 1. The maximum Gasteiger partial charge on any atom is 0.261 e. The van der Waals surface area contributed by atoms with Gasteiger partial charge < -0.3 is 14.4 Å². The van der Waals surface area contributed by atoms with Crippen LogP contribution >= 0.6 is 0 Å². The van der Waals surface area contributed by atoms with Crippen LogP contribution in [-0.2, 0) is 10.0 Å². The van der Waals surface area contributed by atoms with Crippen molar-refractivity contribution in [2.75, 3.05) is 32.0 Å². The molecule has 0 saturated carbocycles. The van der Waals surface area contributed by atoms with Crippen molar-refractivity contribution in [3.8, 4) is 11.5 Å². The van der Waals surface area contributed by atoms with Crippen LogP contribution in [0, 0.1) is 6.92 Å². The van der Waals surface area contributed by atoms with Crippen LogP contribution in [0.15, 0.2) is 77.7 Å². The molecule has 0 unspecified atom stereocenters. The number of nitrogens with zero attached hydrogens (tertiary/aromatic N) is 1. The molecule has 3 aromatic carbocycles. The Labute approximate surface area is 188 Å². The van der Waals surface area contributed by atoms with Crippen LogP contribution in [-0.4, -0.2) is 46.5 Å². The molecule has 0 bridgehead atoms. The van der Waals surface area contributed by atoms with E-state index in [2.05, 4.69) is 4.72 Å². The Kier molecular flexibility index (Phi) is 7.37. The predicted molar refractivity (Wildman–Crippen MR) is 124 cm³/mol. The first kappa shape index (κ1) is 23.1. The SMILES string of the molecule is COc1ccccc1OCCN(C)C(=O)c1ccc(S(=O)(=O)Nc2ccc(C)cc2)cc1. The molecule has 0 aliphatic rings. The van der Waals surface area contributed by atoms with Gasteiger partial charge in [-0.2, -0.15) is 0 Å². The fourth-order valence-electron chi connectivity index (χ4n) is 2.96. The number of hydrogen-bond donors (Lipinski definition) is 1. The quantitative estimate of drug-likeness (QED) is 0.529. The number of amides is 1. The minimum Gasteiger partial charge on any atom is -0.493 e. The van der Waals surface area contributed by atoms with Crippen molar-refractivity contribution in [1.82, 2.24) is 4.90 Å². The third kappa shape index (κ3) is 5.79. The number of anilines is 1. The number of carbonyl (C=O) groups excluding carboxylic acids is 1. The summed E-state index contributed by atoms with van der Waals surface area (Å²) in [4.78, 5) is 14.3. The second kappa shape index (κ2) is 10.2. The van der Waals surface area contributed by atoms with Gasteiger partial charge in [0.1, 0.15) is 6.61 Å². The zero-order valence-electron chi connectivity index (χ0n) is 18.2. The largest absolute Gasteiger partial charge is 0.493 e. The number of benzene rings is 3. The number of carbonyl (C=O) groups is 1. The highest BCUT2D eigenvalue weighted by Crippen LogP contribution is 2.25. The van der Waals surface area contributed by atoms with E-state index in [1.807, 2.05) is 31.2 Å². The average Bonchev–Trinajstić information content (AvgIpc) is 2.80. The van der Waals surface area contributed by atoms with Crippen LogP contribution in [0.4, 0.5) is 5.69 Å². The number of nitrogens with one attached hydrogen (secondary N) is 1. The van der Waals surface area contributed by atoms with Gasteiger partial charge in [-0.05, 0) is 55.5 Å². The summed E-state index contributed by atoms with van der Waals surface area (Å²) in [6, 6.07) is 20.2. The Morgan fingerprint density at radius 3 is 2.19 bits per heavy atom. The molecule has 0 radical (unpaired) electrons. The van der Waals surface area contributed by atoms with Crippen molar-refractivity contribution < 1.29 is 22.7 Å². The lowest BCUT2D eigenvalue weighted by Crippen LogP contribution is -2.31. The normalized spacial score (nSPS) is 11.0. The van der Waals surface area contributed by atoms with Crippen molar-refractivity contribution in [2.45, 2.75) is 11.8 Å². The molecule has 32 heavy (non-hydrogen) atoms. The maximum atomic E-state index is 12.7. The smallest absolute Gasteiger partial charge is 0.261 e. The first-order chi connectivity index (χ1) is 15.3. The lowest BCUT2D eigenvalue weighted by Gasteiger charge is -2.18. The highest BCUT2D eigenvalue weighted by molar-refractivity contribution is 7.92. The lowest BCUT2D eigenvalue weighted by molar-refractivity contribution is 0.0773. The molecule has 0 fully saturated rings. The number of methoxy groups -OCH3 is 1. The van der Waals surface area contributed by atoms with E-state index in [-0.39, 0.29) is 17.4 Å². The summed E-state index contributed by atoms with van der Waals surface area (Å²) in [5, 5.41) is 0. The summed E-state index contributed by atoms with van der Waals surface area (Å²) < 4.78 is 38.7. The molecule has 0 aromatic heterocycles. The van der Waals surface area contributed by atoms with Gasteiger partial charge in [-0.1, -0.05) is 29.8 Å². The number of rotatable bonds is 9. The van der Waals surface area contributed by atoms with E-state index >= 15 is 0 Å². The highest BCUT2D eigenvalue weighted by atomic mass is 32.2. The Balaban J connectivity index is 1.59.